The minimum atomic E-state index is -0.430. The Balaban J connectivity index is 1.86. The second-order valence-electron chi connectivity index (χ2n) is 5.35. The normalized spacial score (nSPS) is 19.3. The SMILES string of the molecule is Fc1cc2c(cc1Cl)nc(CCl)n2CCC1CCCCO1. The smallest absolute Gasteiger partial charge is 0.144 e. The van der Waals surface area contributed by atoms with Crippen LogP contribution in [0, 0.1) is 5.82 Å². The van der Waals surface area contributed by atoms with Crippen molar-refractivity contribution >= 4 is 34.2 Å². The molecule has 1 fully saturated rings. The topological polar surface area (TPSA) is 27.1 Å². The molecule has 0 aliphatic carbocycles. The number of hydrogen-bond donors (Lipinski definition) is 0. The van der Waals surface area contributed by atoms with Crippen LogP contribution in [0.2, 0.25) is 5.02 Å². The Morgan fingerprint density at radius 1 is 1.38 bits per heavy atom. The molecule has 1 saturated heterocycles. The van der Waals surface area contributed by atoms with Crippen LogP contribution in [-0.2, 0) is 17.2 Å². The number of aryl methyl sites for hydroxylation is 1. The van der Waals surface area contributed by atoms with Crippen molar-refractivity contribution in [1.29, 1.82) is 0 Å². The van der Waals surface area contributed by atoms with Gasteiger partial charge in [-0.1, -0.05) is 11.6 Å². The van der Waals surface area contributed by atoms with Gasteiger partial charge in [0, 0.05) is 19.2 Å². The van der Waals surface area contributed by atoms with Gasteiger partial charge in [-0.3, -0.25) is 0 Å². The van der Waals surface area contributed by atoms with Crippen molar-refractivity contribution in [2.24, 2.45) is 0 Å². The summed E-state index contributed by atoms with van der Waals surface area (Å²) in [6.45, 7) is 1.56. The lowest BCUT2D eigenvalue weighted by Gasteiger charge is -2.23. The molecule has 0 N–H and O–H groups in total. The van der Waals surface area contributed by atoms with E-state index in [1.165, 1.54) is 12.5 Å². The third-order valence-corrected chi connectivity index (χ3v) is 4.47. The third kappa shape index (κ3) is 3.17. The van der Waals surface area contributed by atoms with Gasteiger partial charge in [-0.2, -0.15) is 0 Å². The number of aromatic nitrogens is 2. The standard InChI is InChI=1S/C15H17Cl2FN2O/c16-9-15-19-13-7-11(17)12(18)8-14(13)20(15)5-4-10-3-1-2-6-21-10/h7-8,10H,1-6,9H2. The Hall–Kier alpha value is -0.840. The number of rotatable bonds is 4. The predicted molar refractivity (Wildman–Crippen MR) is 82.5 cm³/mol. The second-order valence-corrected chi connectivity index (χ2v) is 6.02. The Kier molecular flexibility index (Phi) is 4.67. The Bertz CT molecular complexity index is 638. The van der Waals surface area contributed by atoms with Gasteiger partial charge in [0.1, 0.15) is 11.6 Å². The molecule has 0 spiro atoms. The van der Waals surface area contributed by atoms with Gasteiger partial charge in [-0.15, -0.1) is 11.6 Å². The number of imidazole rings is 1. The highest BCUT2D eigenvalue weighted by Crippen LogP contribution is 2.25. The van der Waals surface area contributed by atoms with Crippen LogP contribution in [0.25, 0.3) is 11.0 Å². The first-order valence-corrected chi connectivity index (χ1v) is 8.12. The summed E-state index contributed by atoms with van der Waals surface area (Å²) in [5.41, 5.74) is 1.42. The minimum Gasteiger partial charge on any atom is -0.378 e. The highest BCUT2D eigenvalue weighted by atomic mass is 35.5. The average molecular weight is 331 g/mol. The second kappa shape index (κ2) is 6.51. The fraction of sp³-hybridized carbons (Fsp3) is 0.533. The van der Waals surface area contributed by atoms with Crippen LogP contribution in [0.1, 0.15) is 31.5 Å². The molecular formula is C15H17Cl2FN2O. The number of ether oxygens (including phenoxy) is 1. The Labute approximate surface area is 133 Å². The molecule has 3 nitrogen and oxygen atoms in total. The van der Waals surface area contributed by atoms with Crippen LogP contribution >= 0.6 is 23.2 Å². The van der Waals surface area contributed by atoms with E-state index in [4.69, 9.17) is 27.9 Å². The fourth-order valence-electron chi connectivity index (χ4n) is 2.83. The summed E-state index contributed by atoms with van der Waals surface area (Å²) < 4.78 is 21.4. The number of hydrogen-bond acceptors (Lipinski definition) is 2. The van der Waals surface area contributed by atoms with Gasteiger partial charge in [0.2, 0.25) is 0 Å². The number of halogens is 3. The Morgan fingerprint density at radius 2 is 2.24 bits per heavy atom. The first kappa shape index (κ1) is 15.1. The van der Waals surface area contributed by atoms with Gasteiger partial charge < -0.3 is 9.30 Å². The van der Waals surface area contributed by atoms with E-state index in [9.17, 15) is 4.39 Å². The van der Waals surface area contributed by atoms with Crippen molar-refractivity contribution in [3.8, 4) is 0 Å². The van der Waals surface area contributed by atoms with E-state index >= 15 is 0 Å². The summed E-state index contributed by atoms with van der Waals surface area (Å²) in [6.07, 6.45) is 4.60. The summed E-state index contributed by atoms with van der Waals surface area (Å²) in [5.74, 6) is 0.601. The van der Waals surface area contributed by atoms with Crippen molar-refractivity contribution in [2.75, 3.05) is 6.61 Å². The molecule has 0 radical (unpaired) electrons. The number of fused-ring (bicyclic) bond motifs is 1. The molecule has 1 aromatic carbocycles. The summed E-state index contributed by atoms with van der Waals surface area (Å²) in [6, 6.07) is 2.98. The molecular weight excluding hydrogens is 314 g/mol. The van der Waals surface area contributed by atoms with Gasteiger partial charge in [0.15, 0.2) is 0 Å². The summed E-state index contributed by atoms with van der Waals surface area (Å²) >= 11 is 11.8. The van der Waals surface area contributed by atoms with Crippen molar-refractivity contribution < 1.29 is 9.13 Å². The predicted octanol–water partition coefficient (Wildman–Crippen LogP) is 4.53. The van der Waals surface area contributed by atoms with E-state index < -0.39 is 5.82 Å². The first-order chi connectivity index (χ1) is 10.2. The molecule has 1 atom stereocenters. The molecule has 6 heteroatoms. The van der Waals surface area contributed by atoms with Crippen molar-refractivity contribution in [3.05, 3.63) is 28.8 Å². The molecule has 1 aliphatic rings. The lowest BCUT2D eigenvalue weighted by molar-refractivity contribution is 0.00889. The zero-order valence-electron chi connectivity index (χ0n) is 11.6. The maximum Gasteiger partial charge on any atom is 0.144 e. The van der Waals surface area contributed by atoms with Crippen LogP contribution in [0.3, 0.4) is 0 Å². The molecule has 1 unspecified atom stereocenters. The largest absolute Gasteiger partial charge is 0.378 e. The monoisotopic (exact) mass is 330 g/mol. The lowest BCUT2D eigenvalue weighted by Crippen LogP contribution is -2.21. The quantitative estimate of drug-likeness (QED) is 0.770. The molecule has 2 aromatic rings. The van der Waals surface area contributed by atoms with Gasteiger partial charge in [0.05, 0.1) is 28.0 Å². The third-order valence-electron chi connectivity index (χ3n) is 3.94. The lowest BCUT2D eigenvalue weighted by atomic mass is 10.1. The fourth-order valence-corrected chi connectivity index (χ4v) is 3.19. The maximum absolute atomic E-state index is 13.7. The molecule has 21 heavy (non-hydrogen) atoms. The van der Waals surface area contributed by atoms with E-state index in [0.717, 1.165) is 43.8 Å². The zero-order valence-corrected chi connectivity index (χ0v) is 13.1. The average Bonchev–Trinajstić information content (AvgIpc) is 2.83. The maximum atomic E-state index is 13.7. The zero-order chi connectivity index (χ0) is 14.8. The van der Waals surface area contributed by atoms with Crippen molar-refractivity contribution in [3.63, 3.8) is 0 Å². The summed E-state index contributed by atoms with van der Waals surface area (Å²) in [7, 11) is 0. The van der Waals surface area contributed by atoms with E-state index in [1.54, 1.807) is 6.07 Å². The van der Waals surface area contributed by atoms with E-state index in [2.05, 4.69) is 4.98 Å². The number of benzene rings is 1. The molecule has 114 valence electrons. The van der Waals surface area contributed by atoms with Gasteiger partial charge in [0.25, 0.3) is 0 Å². The molecule has 3 rings (SSSR count). The highest BCUT2D eigenvalue weighted by Gasteiger charge is 2.17. The van der Waals surface area contributed by atoms with Gasteiger partial charge in [-0.25, -0.2) is 9.37 Å². The highest BCUT2D eigenvalue weighted by molar-refractivity contribution is 6.31. The van der Waals surface area contributed by atoms with Gasteiger partial charge >= 0.3 is 0 Å². The molecule has 1 aliphatic heterocycles. The van der Waals surface area contributed by atoms with Crippen LogP contribution in [0.4, 0.5) is 4.39 Å². The van der Waals surface area contributed by atoms with Crippen molar-refractivity contribution in [2.45, 2.75) is 44.2 Å². The van der Waals surface area contributed by atoms with Crippen LogP contribution < -0.4 is 0 Å². The first-order valence-electron chi connectivity index (χ1n) is 7.21. The Morgan fingerprint density at radius 3 is 2.95 bits per heavy atom. The molecule has 0 bridgehead atoms. The van der Waals surface area contributed by atoms with Crippen molar-refractivity contribution in [1.82, 2.24) is 9.55 Å². The molecule has 2 heterocycles. The molecule has 0 amide bonds. The van der Waals surface area contributed by atoms with E-state index in [0.29, 0.717) is 11.4 Å². The van der Waals surface area contributed by atoms with Crippen LogP contribution in [0.5, 0.6) is 0 Å². The number of nitrogens with zero attached hydrogens (tertiary/aromatic N) is 2. The van der Waals surface area contributed by atoms with E-state index in [-0.39, 0.29) is 11.1 Å². The van der Waals surface area contributed by atoms with Crippen LogP contribution in [-0.4, -0.2) is 22.3 Å². The summed E-state index contributed by atoms with van der Waals surface area (Å²) in [5, 5.41) is 0.0869. The van der Waals surface area contributed by atoms with Gasteiger partial charge in [-0.05, 0) is 31.7 Å². The van der Waals surface area contributed by atoms with E-state index in [1.807, 2.05) is 4.57 Å². The summed E-state index contributed by atoms with van der Waals surface area (Å²) in [4.78, 5) is 4.44. The molecule has 1 aromatic heterocycles. The minimum absolute atomic E-state index is 0.0869. The molecule has 0 saturated carbocycles. The van der Waals surface area contributed by atoms with Crippen LogP contribution in [0.15, 0.2) is 12.1 Å². The number of alkyl halides is 1.